The van der Waals surface area contributed by atoms with E-state index in [1.807, 2.05) is 0 Å². The molecule has 0 fully saturated rings. The van der Waals surface area contributed by atoms with Gasteiger partial charge in [0.2, 0.25) is 0 Å². The lowest BCUT2D eigenvalue weighted by molar-refractivity contribution is 0.0527. The SMILES string of the molecule is CCOC(=O)c1c[nH]n2c(=O)c(C(=O)OC)cnc12. The lowest BCUT2D eigenvalue weighted by atomic mass is 10.3. The van der Waals surface area contributed by atoms with Crippen molar-refractivity contribution in [3.8, 4) is 0 Å². The average Bonchev–Trinajstić information content (AvgIpc) is 2.83. The third-order valence-corrected chi connectivity index (χ3v) is 2.44. The molecule has 0 aliphatic rings. The molecule has 2 aromatic rings. The number of fused-ring (bicyclic) bond motifs is 1. The van der Waals surface area contributed by atoms with Crippen LogP contribution in [0.2, 0.25) is 0 Å². The second-order valence-electron chi connectivity index (χ2n) is 3.54. The average molecular weight is 265 g/mol. The molecule has 0 unspecified atom stereocenters. The second kappa shape index (κ2) is 4.92. The Kier molecular flexibility index (Phi) is 3.32. The van der Waals surface area contributed by atoms with Crippen molar-refractivity contribution in [2.75, 3.05) is 13.7 Å². The highest BCUT2D eigenvalue weighted by Crippen LogP contribution is 2.08. The highest BCUT2D eigenvalue weighted by molar-refractivity contribution is 5.96. The van der Waals surface area contributed by atoms with Crippen molar-refractivity contribution in [3.05, 3.63) is 33.9 Å². The first kappa shape index (κ1) is 12.8. The molecule has 0 saturated carbocycles. The molecule has 0 radical (unpaired) electrons. The van der Waals surface area contributed by atoms with Crippen LogP contribution in [0.25, 0.3) is 5.65 Å². The van der Waals surface area contributed by atoms with E-state index in [9.17, 15) is 14.4 Å². The Morgan fingerprint density at radius 1 is 1.37 bits per heavy atom. The van der Waals surface area contributed by atoms with Crippen LogP contribution < -0.4 is 5.56 Å². The molecule has 0 bridgehead atoms. The van der Waals surface area contributed by atoms with Crippen molar-refractivity contribution in [1.82, 2.24) is 14.6 Å². The maximum absolute atomic E-state index is 12.0. The topological polar surface area (TPSA) is 103 Å². The van der Waals surface area contributed by atoms with Gasteiger partial charge in [-0.25, -0.2) is 19.1 Å². The summed E-state index contributed by atoms with van der Waals surface area (Å²) in [5, 5.41) is 2.55. The van der Waals surface area contributed by atoms with E-state index >= 15 is 0 Å². The highest BCUT2D eigenvalue weighted by atomic mass is 16.5. The molecule has 0 aliphatic carbocycles. The first-order valence-corrected chi connectivity index (χ1v) is 5.44. The number of nitrogens with one attached hydrogen (secondary N) is 1. The number of carbonyl (C=O) groups is 2. The predicted molar refractivity (Wildman–Crippen MR) is 63.1 cm³/mol. The summed E-state index contributed by atoms with van der Waals surface area (Å²) in [5.41, 5.74) is -0.656. The van der Waals surface area contributed by atoms with Crippen molar-refractivity contribution in [2.45, 2.75) is 6.92 Å². The fourth-order valence-electron chi connectivity index (χ4n) is 1.57. The van der Waals surface area contributed by atoms with E-state index in [0.29, 0.717) is 0 Å². The summed E-state index contributed by atoms with van der Waals surface area (Å²) in [5.74, 6) is -1.39. The van der Waals surface area contributed by atoms with Crippen molar-refractivity contribution in [1.29, 1.82) is 0 Å². The van der Waals surface area contributed by atoms with Crippen LogP contribution in [0.5, 0.6) is 0 Å². The largest absolute Gasteiger partial charge is 0.465 e. The van der Waals surface area contributed by atoms with E-state index in [-0.39, 0.29) is 23.4 Å². The van der Waals surface area contributed by atoms with Gasteiger partial charge in [0.15, 0.2) is 5.65 Å². The Morgan fingerprint density at radius 3 is 2.74 bits per heavy atom. The first-order chi connectivity index (χ1) is 9.10. The van der Waals surface area contributed by atoms with E-state index < -0.39 is 17.5 Å². The van der Waals surface area contributed by atoms with Gasteiger partial charge in [-0.15, -0.1) is 0 Å². The van der Waals surface area contributed by atoms with Gasteiger partial charge >= 0.3 is 11.9 Å². The molecule has 1 N–H and O–H groups in total. The molecule has 2 rings (SSSR count). The van der Waals surface area contributed by atoms with Gasteiger partial charge in [-0.1, -0.05) is 0 Å². The normalized spacial score (nSPS) is 10.4. The maximum atomic E-state index is 12.0. The molecular weight excluding hydrogens is 254 g/mol. The summed E-state index contributed by atoms with van der Waals surface area (Å²) < 4.78 is 10.3. The molecule has 0 saturated heterocycles. The standard InChI is InChI=1S/C11H11N3O5/c1-3-19-11(17)6-5-13-14-8(6)12-4-7(9(14)15)10(16)18-2/h4-5,13H,3H2,1-2H3. The van der Waals surface area contributed by atoms with Crippen molar-refractivity contribution in [3.63, 3.8) is 0 Å². The molecule has 0 spiro atoms. The van der Waals surface area contributed by atoms with Crippen LogP contribution >= 0.6 is 0 Å². The number of nitrogens with zero attached hydrogens (tertiary/aromatic N) is 2. The van der Waals surface area contributed by atoms with Crippen molar-refractivity contribution < 1.29 is 19.1 Å². The quantitative estimate of drug-likeness (QED) is 0.783. The van der Waals surface area contributed by atoms with E-state index in [0.717, 1.165) is 17.8 Å². The summed E-state index contributed by atoms with van der Waals surface area (Å²) in [7, 11) is 1.16. The van der Waals surface area contributed by atoms with Crippen LogP contribution in [-0.4, -0.2) is 40.3 Å². The number of methoxy groups -OCH3 is 1. The summed E-state index contributed by atoms with van der Waals surface area (Å²) in [4.78, 5) is 38.8. The van der Waals surface area contributed by atoms with Crippen LogP contribution in [0.15, 0.2) is 17.2 Å². The van der Waals surface area contributed by atoms with E-state index in [1.54, 1.807) is 6.92 Å². The van der Waals surface area contributed by atoms with Crippen LogP contribution in [0.3, 0.4) is 0 Å². The predicted octanol–water partition coefficient (Wildman–Crippen LogP) is -0.0141. The third-order valence-electron chi connectivity index (χ3n) is 2.44. The van der Waals surface area contributed by atoms with Crippen LogP contribution in [-0.2, 0) is 9.47 Å². The van der Waals surface area contributed by atoms with Gasteiger partial charge in [0.05, 0.1) is 13.7 Å². The fraction of sp³-hybridized carbons (Fsp3) is 0.273. The minimum atomic E-state index is -0.792. The number of hydrogen-bond acceptors (Lipinski definition) is 6. The minimum absolute atomic E-state index is 0.0936. The zero-order valence-corrected chi connectivity index (χ0v) is 10.3. The van der Waals surface area contributed by atoms with Gasteiger partial charge in [0.1, 0.15) is 11.1 Å². The minimum Gasteiger partial charge on any atom is -0.465 e. The molecule has 8 nitrogen and oxygen atoms in total. The summed E-state index contributed by atoms with van der Waals surface area (Å²) >= 11 is 0. The fourth-order valence-corrected chi connectivity index (χ4v) is 1.57. The number of hydrogen-bond donors (Lipinski definition) is 1. The van der Waals surface area contributed by atoms with Gasteiger partial charge in [-0.05, 0) is 6.92 Å². The molecule has 8 heteroatoms. The Balaban J connectivity index is 2.59. The number of esters is 2. The number of aromatic nitrogens is 3. The second-order valence-corrected chi connectivity index (χ2v) is 3.54. The molecular formula is C11H11N3O5. The highest BCUT2D eigenvalue weighted by Gasteiger charge is 2.19. The number of ether oxygens (including phenoxy) is 2. The lowest BCUT2D eigenvalue weighted by Crippen LogP contribution is -2.24. The smallest absolute Gasteiger partial charge is 0.345 e. The number of H-pyrrole nitrogens is 1. The number of carbonyl (C=O) groups excluding carboxylic acids is 2. The molecule has 100 valence electrons. The van der Waals surface area contributed by atoms with Gasteiger partial charge in [0.25, 0.3) is 5.56 Å². The molecule has 0 aliphatic heterocycles. The zero-order chi connectivity index (χ0) is 14.0. The Morgan fingerprint density at radius 2 is 2.11 bits per heavy atom. The van der Waals surface area contributed by atoms with Crippen LogP contribution in [0.4, 0.5) is 0 Å². The zero-order valence-electron chi connectivity index (χ0n) is 10.3. The summed E-state index contributed by atoms with van der Waals surface area (Å²) in [6, 6.07) is 0. The van der Waals surface area contributed by atoms with E-state index in [4.69, 9.17) is 4.74 Å². The molecule has 0 aromatic carbocycles. The maximum Gasteiger partial charge on any atom is 0.345 e. The number of rotatable bonds is 3. The summed E-state index contributed by atoms with van der Waals surface area (Å²) in [6.45, 7) is 1.88. The van der Waals surface area contributed by atoms with Gasteiger partial charge in [0, 0.05) is 12.4 Å². The third kappa shape index (κ3) is 2.07. The van der Waals surface area contributed by atoms with E-state index in [1.165, 1.54) is 6.20 Å². The molecule has 2 aromatic heterocycles. The van der Waals surface area contributed by atoms with Crippen LogP contribution in [0, 0.1) is 0 Å². The molecule has 0 atom stereocenters. The van der Waals surface area contributed by atoms with Crippen LogP contribution in [0.1, 0.15) is 27.6 Å². The van der Waals surface area contributed by atoms with Crippen molar-refractivity contribution in [2.24, 2.45) is 0 Å². The molecule has 0 amide bonds. The van der Waals surface area contributed by atoms with Crippen molar-refractivity contribution >= 4 is 17.6 Å². The number of aromatic amines is 1. The monoisotopic (exact) mass is 265 g/mol. The van der Waals surface area contributed by atoms with E-state index in [2.05, 4.69) is 14.8 Å². The Bertz CT molecular complexity index is 700. The van der Waals surface area contributed by atoms with Gasteiger partial charge in [-0.3, -0.25) is 9.89 Å². The molecule has 2 heterocycles. The summed E-state index contributed by atoms with van der Waals surface area (Å²) in [6.07, 6.45) is 2.36. The van der Waals surface area contributed by atoms with Gasteiger partial charge in [-0.2, -0.15) is 0 Å². The van der Waals surface area contributed by atoms with Gasteiger partial charge < -0.3 is 9.47 Å². The first-order valence-electron chi connectivity index (χ1n) is 5.44. The Hall–Kier alpha value is -2.64. The molecule has 19 heavy (non-hydrogen) atoms. The lowest BCUT2D eigenvalue weighted by Gasteiger charge is -2.00. The Labute approximate surface area is 106 Å².